The second-order valence-electron chi connectivity index (χ2n) is 11.4. The summed E-state index contributed by atoms with van der Waals surface area (Å²) in [5.41, 5.74) is 0.520. The van der Waals surface area contributed by atoms with Gasteiger partial charge < -0.3 is 20.4 Å². The van der Waals surface area contributed by atoms with Gasteiger partial charge in [-0.15, -0.1) is 0 Å². The van der Waals surface area contributed by atoms with Crippen LogP contribution in [0.15, 0.2) is 72.8 Å². The van der Waals surface area contributed by atoms with Crippen molar-refractivity contribution in [2.75, 3.05) is 13.1 Å². The number of carboxylic acid groups (broad SMARTS) is 1. The van der Waals surface area contributed by atoms with Gasteiger partial charge in [-0.3, -0.25) is 9.59 Å². The number of nitrogens with zero attached hydrogens (tertiary/aromatic N) is 1. The van der Waals surface area contributed by atoms with Crippen LogP contribution in [-0.2, 0) is 10.4 Å². The lowest BCUT2D eigenvalue weighted by Gasteiger charge is -2.51. The highest BCUT2D eigenvalue weighted by Crippen LogP contribution is 2.46. The van der Waals surface area contributed by atoms with E-state index in [1.165, 1.54) is 6.07 Å². The first-order valence-electron chi connectivity index (χ1n) is 13.3. The number of halogens is 1. The molecular formula is C32H35ClN2O5. The summed E-state index contributed by atoms with van der Waals surface area (Å²) >= 11 is 6.05. The van der Waals surface area contributed by atoms with E-state index in [0.717, 1.165) is 5.56 Å². The molecule has 7 nitrogen and oxygen atoms in total. The van der Waals surface area contributed by atoms with Crippen LogP contribution in [0.25, 0.3) is 11.1 Å². The molecule has 210 valence electrons. The minimum Gasteiger partial charge on any atom is -0.478 e. The molecule has 40 heavy (non-hydrogen) atoms. The van der Waals surface area contributed by atoms with E-state index in [-0.39, 0.29) is 17.4 Å². The number of likely N-dealkylation sites (tertiary alicyclic amines) is 1. The molecule has 0 aliphatic carbocycles. The van der Waals surface area contributed by atoms with Gasteiger partial charge in [0.1, 0.15) is 6.04 Å². The van der Waals surface area contributed by atoms with Crippen LogP contribution in [0, 0.1) is 11.3 Å². The third-order valence-electron chi connectivity index (χ3n) is 7.90. The topological polar surface area (TPSA) is 107 Å². The average molecular weight is 563 g/mol. The van der Waals surface area contributed by atoms with E-state index >= 15 is 0 Å². The van der Waals surface area contributed by atoms with Gasteiger partial charge in [0.2, 0.25) is 5.91 Å². The number of benzene rings is 3. The predicted octanol–water partition coefficient (Wildman–Crippen LogP) is 5.61. The first kappa shape index (κ1) is 29.3. The summed E-state index contributed by atoms with van der Waals surface area (Å²) in [6.07, 6.45) is 0.344. The van der Waals surface area contributed by atoms with Crippen LogP contribution in [0.1, 0.15) is 60.4 Å². The molecule has 3 aromatic carbocycles. The number of carbonyl (C=O) groups excluding carboxylic acids is 2. The Hall–Kier alpha value is -3.68. The van der Waals surface area contributed by atoms with Crippen LogP contribution in [0.5, 0.6) is 0 Å². The fraction of sp³-hybridized carbons (Fsp3) is 0.344. The van der Waals surface area contributed by atoms with E-state index < -0.39 is 28.9 Å². The van der Waals surface area contributed by atoms with Crippen LogP contribution >= 0.6 is 11.6 Å². The Labute approximate surface area is 239 Å². The molecule has 1 saturated heterocycles. The van der Waals surface area contributed by atoms with Gasteiger partial charge in [0.25, 0.3) is 5.91 Å². The van der Waals surface area contributed by atoms with Crippen molar-refractivity contribution in [3.63, 3.8) is 0 Å². The summed E-state index contributed by atoms with van der Waals surface area (Å²) < 4.78 is 0. The van der Waals surface area contributed by atoms with Gasteiger partial charge in [0, 0.05) is 29.1 Å². The Balaban J connectivity index is 1.53. The highest BCUT2D eigenvalue weighted by atomic mass is 35.5. The zero-order chi connectivity index (χ0) is 29.2. The van der Waals surface area contributed by atoms with Crippen molar-refractivity contribution in [2.24, 2.45) is 11.3 Å². The number of piperidine rings is 1. The molecule has 1 fully saturated rings. The molecule has 8 heteroatoms. The molecule has 1 aliphatic rings. The van der Waals surface area contributed by atoms with Gasteiger partial charge in [-0.25, -0.2) is 4.79 Å². The van der Waals surface area contributed by atoms with Gasteiger partial charge in [0.05, 0.1) is 11.2 Å². The van der Waals surface area contributed by atoms with Crippen molar-refractivity contribution < 1.29 is 24.6 Å². The third-order valence-corrected chi connectivity index (χ3v) is 8.15. The minimum absolute atomic E-state index is 0.140. The number of aliphatic hydroxyl groups is 1. The van der Waals surface area contributed by atoms with Crippen molar-refractivity contribution in [1.82, 2.24) is 10.2 Å². The molecule has 2 atom stereocenters. The molecule has 0 bridgehead atoms. The van der Waals surface area contributed by atoms with Crippen LogP contribution in [0.3, 0.4) is 0 Å². The number of carbonyl (C=O) groups is 3. The third kappa shape index (κ3) is 5.76. The van der Waals surface area contributed by atoms with Crippen molar-refractivity contribution >= 4 is 29.4 Å². The summed E-state index contributed by atoms with van der Waals surface area (Å²) in [4.78, 5) is 40.5. The zero-order valence-electron chi connectivity index (χ0n) is 23.1. The SMILES string of the molecule is CC(C)C(NC(=O)c1cccc(-c2ccccc2C(=O)O)c1)C(=O)N1CCC(O)(c2ccc(Cl)cc2)C(C)(C)C1. The molecular weight excluding hydrogens is 528 g/mol. The molecule has 3 N–H and O–H groups in total. The molecule has 2 unspecified atom stereocenters. The highest BCUT2D eigenvalue weighted by molar-refractivity contribution is 6.30. The summed E-state index contributed by atoms with van der Waals surface area (Å²) in [6.45, 7) is 8.27. The van der Waals surface area contributed by atoms with Crippen molar-refractivity contribution in [3.8, 4) is 11.1 Å². The van der Waals surface area contributed by atoms with Crippen LogP contribution in [0.2, 0.25) is 5.02 Å². The van der Waals surface area contributed by atoms with Crippen LogP contribution in [0.4, 0.5) is 0 Å². The fourth-order valence-electron chi connectivity index (χ4n) is 5.46. The van der Waals surface area contributed by atoms with E-state index in [2.05, 4.69) is 5.32 Å². The Morgan fingerprint density at radius 3 is 2.27 bits per heavy atom. The second kappa shape index (κ2) is 11.4. The second-order valence-corrected chi connectivity index (χ2v) is 11.8. The van der Waals surface area contributed by atoms with Gasteiger partial charge in [-0.1, -0.05) is 81.8 Å². The first-order valence-corrected chi connectivity index (χ1v) is 13.7. The minimum atomic E-state index is -1.14. The van der Waals surface area contributed by atoms with Gasteiger partial charge >= 0.3 is 5.97 Å². The number of rotatable bonds is 7. The van der Waals surface area contributed by atoms with E-state index in [1.54, 1.807) is 59.5 Å². The van der Waals surface area contributed by atoms with Gasteiger partial charge in [-0.05, 0) is 59.4 Å². The largest absolute Gasteiger partial charge is 0.478 e. The maximum absolute atomic E-state index is 13.7. The smallest absolute Gasteiger partial charge is 0.336 e. The summed E-state index contributed by atoms with van der Waals surface area (Å²) in [5.74, 6) is -1.87. The standard InChI is InChI=1S/C32H35ClN2O5/c1-20(2)27(29(37)35-17-16-32(40,31(3,4)19-35)23-12-14-24(33)15-13-23)34-28(36)22-9-7-8-21(18-22)25-10-5-6-11-26(25)30(38)39/h5-15,18,20,27,40H,16-17,19H2,1-4H3,(H,34,36)(H,38,39). The van der Waals surface area contributed by atoms with Gasteiger partial charge in [-0.2, -0.15) is 0 Å². The Kier molecular flexibility index (Phi) is 8.38. The summed E-state index contributed by atoms with van der Waals surface area (Å²) in [7, 11) is 0. The maximum atomic E-state index is 13.7. The van der Waals surface area contributed by atoms with E-state index in [1.807, 2.05) is 39.8 Å². The van der Waals surface area contributed by atoms with E-state index in [0.29, 0.717) is 41.2 Å². The Morgan fingerprint density at radius 1 is 0.975 bits per heavy atom. The Bertz CT molecular complexity index is 1420. The summed E-state index contributed by atoms with van der Waals surface area (Å²) in [6, 6.07) is 19.7. The van der Waals surface area contributed by atoms with Crippen LogP contribution in [-0.4, -0.2) is 52.0 Å². The molecule has 3 aromatic rings. The molecule has 1 aliphatic heterocycles. The van der Waals surface area contributed by atoms with Crippen LogP contribution < -0.4 is 5.32 Å². The highest BCUT2D eigenvalue weighted by Gasteiger charge is 2.50. The van der Waals surface area contributed by atoms with Crippen molar-refractivity contribution in [3.05, 3.63) is 94.5 Å². The maximum Gasteiger partial charge on any atom is 0.336 e. The van der Waals surface area contributed by atoms with Gasteiger partial charge in [0.15, 0.2) is 0 Å². The Morgan fingerprint density at radius 2 is 1.65 bits per heavy atom. The van der Waals surface area contributed by atoms with E-state index in [9.17, 15) is 24.6 Å². The molecule has 4 rings (SSSR count). The number of amides is 2. The van der Waals surface area contributed by atoms with Crippen molar-refractivity contribution in [2.45, 2.75) is 45.8 Å². The lowest BCUT2D eigenvalue weighted by Crippen LogP contribution is -2.60. The number of hydrogen-bond donors (Lipinski definition) is 3. The fourth-order valence-corrected chi connectivity index (χ4v) is 5.58. The number of aromatic carboxylic acids is 1. The summed E-state index contributed by atoms with van der Waals surface area (Å²) in [5, 5.41) is 24.8. The van der Waals surface area contributed by atoms with E-state index in [4.69, 9.17) is 11.6 Å². The molecule has 2 amide bonds. The lowest BCUT2D eigenvalue weighted by molar-refractivity contribution is -0.155. The quantitative estimate of drug-likeness (QED) is 0.347. The van der Waals surface area contributed by atoms with Crippen molar-refractivity contribution in [1.29, 1.82) is 0 Å². The molecule has 0 spiro atoms. The number of hydrogen-bond acceptors (Lipinski definition) is 4. The molecule has 0 radical (unpaired) electrons. The zero-order valence-corrected chi connectivity index (χ0v) is 23.9. The predicted molar refractivity (Wildman–Crippen MR) is 155 cm³/mol. The average Bonchev–Trinajstić information content (AvgIpc) is 2.92. The number of carboxylic acids is 1. The first-order chi connectivity index (χ1) is 18.8. The lowest BCUT2D eigenvalue weighted by atomic mass is 9.66. The molecule has 0 saturated carbocycles. The monoisotopic (exact) mass is 562 g/mol. The number of nitrogens with one attached hydrogen (secondary N) is 1. The molecule has 0 aromatic heterocycles. The molecule has 1 heterocycles. The normalized spacial score (nSPS) is 19.2.